The molecule has 1 aliphatic rings. The van der Waals surface area contributed by atoms with Crippen LogP contribution in [0.3, 0.4) is 0 Å². The van der Waals surface area contributed by atoms with Crippen molar-refractivity contribution >= 4 is 11.5 Å². The van der Waals surface area contributed by atoms with Gasteiger partial charge < -0.3 is 10.2 Å². The zero-order valence-electron chi connectivity index (χ0n) is 12.7. The lowest BCUT2D eigenvalue weighted by Crippen LogP contribution is -2.29. The minimum atomic E-state index is 0.295. The third-order valence-corrected chi connectivity index (χ3v) is 3.90. The highest BCUT2D eigenvalue weighted by Crippen LogP contribution is 2.24. The van der Waals surface area contributed by atoms with Gasteiger partial charge in [0.15, 0.2) is 5.78 Å². The monoisotopic (exact) mass is 274 g/mol. The number of ketones is 1. The molecule has 0 atom stereocenters. The van der Waals surface area contributed by atoms with Crippen LogP contribution in [0.1, 0.15) is 37.8 Å². The van der Waals surface area contributed by atoms with E-state index in [9.17, 15) is 4.79 Å². The van der Waals surface area contributed by atoms with Crippen molar-refractivity contribution in [2.45, 2.75) is 39.5 Å². The molecule has 1 aromatic rings. The average Bonchev–Trinajstić information content (AvgIpc) is 2.45. The highest BCUT2D eigenvalue weighted by atomic mass is 16.1. The van der Waals surface area contributed by atoms with Crippen LogP contribution in [0.5, 0.6) is 0 Å². The Kier molecular flexibility index (Phi) is 5.60. The van der Waals surface area contributed by atoms with Crippen LogP contribution in [-0.4, -0.2) is 36.9 Å². The third-order valence-electron chi connectivity index (χ3n) is 3.90. The van der Waals surface area contributed by atoms with Crippen LogP contribution >= 0.6 is 0 Å². The van der Waals surface area contributed by atoms with Crippen molar-refractivity contribution in [2.24, 2.45) is 0 Å². The van der Waals surface area contributed by atoms with Crippen LogP contribution in [0.2, 0.25) is 0 Å². The van der Waals surface area contributed by atoms with Gasteiger partial charge in [-0.3, -0.25) is 4.79 Å². The molecule has 20 heavy (non-hydrogen) atoms. The van der Waals surface area contributed by atoms with E-state index >= 15 is 0 Å². The number of nitrogens with zero attached hydrogens (tertiary/aromatic N) is 1. The molecule has 0 saturated heterocycles. The molecule has 110 valence electrons. The summed E-state index contributed by atoms with van der Waals surface area (Å²) in [5.41, 5.74) is 3.71. The Morgan fingerprint density at radius 1 is 1.15 bits per heavy atom. The van der Waals surface area contributed by atoms with Crippen LogP contribution in [-0.2, 0) is 17.6 Å². The topological polar surface area (TPSA) is 32.3 Å². The molecule has 0 fully saturated rings. The maximum absolute atomic E-state index is 11.6. The number of hydrogen-bond donors (Lipinski definition) is 1. The van der Waals surface area contributed by atoms with Gasteiger partial charge in [0.2, 0.25) is 0 Å². The van der Waals surface area contributed by atoms with E-state index in [4.69, 9.17) is 0 Å². The van der Waals surface area contributed by atoms with Gasteiger partial charge in [-0.2, -0.15) is 0 Å². The summed E-state index contributed by atoms with van der Waals surface area (Å²) >= 11 is 0. The summed E-state index contributed by atoms with van der Waals surface area (Å²) in [5, 5.41) is 3.23. The van der Waals surface area contributed by atoms with Crippen molar-refractivity contribution in [1.29, 1.82) is 0 Å². The van der Waals surface area contributed by atoms with Crippen molar-refractivity contribution < 1.29 is 4.79 Å². The van der Waals surface area contributed by atoms with Crippen molar-refractivity contribution in [1.82, 2.24) is 4.90 Å². The summed E-state index contributed by atoms with van der Waals surface area (Å²) in [6.07, 6.45) is 4.04. The fourth-order valence-corrected chi connectivity index (χ4v) is 2.94. The van der Waals surface area contributed by atoms with Crippen LogP contribution in [0.25, 0.3) is 0 Å². The van der Waals surface area contributed by atoms with Crippen molar-refractivity contribution in [3.05, 3.63) is 29.3 Å². The van der Waals surface area contributed by atoms with Crippen LogP contribution < -0.4 is 5.32 Å². The summed E-state index contributed by atoms with van der Waals surface area (Å²) in [4.78, 5) is 14.2. The maximum Gasteiger partial charge on any atom is 0.156 e. The Morgan fingerprint density at radius 2 is 1.90 bits per heavy atom. The molecule has 0 radical (unpaired) electrons. The predicted octanol–water partition coefficient (Wildman–Crippen LogP) is 2.89. The Balaban J connectivity index is 2.04. The minimum absolute atomic E-state index is 0.295. The van der Waals surface area contributed by atoms with Gasteiger partial charge in [-0.1, -0.05) is 26.0 Å². The number of carbonyl (C=O) groups excluding carboxylic acids is 1. The van der Waals surface area contributed by atoms with Gasteiger partial charge in [-0.25, -0.2) is 0 Å². The first-order chi connectivity index (χ1) is 9.74. The van der Waals surface area contributed by atoms with Gasteiger partial charge in [0.1, 0.15) is 0 Å². The Hall–Kier alpha value is -1.35. The predicted molar refractivity (Wildman–Crippen MR) is 84.4 cm³/mol. The number of nitrogens with one attached hydrogen (secondary N) is 1. The smallest absolute Gasteiger partial charge is 0.156 e. The molecule has 0 aliphatic carbocycles. The summed E-state index contributed by atoms with van der Waals surface area (Å²) < 4.78 is 0. The zero-order valence-corrected chi connectivity index (χ0v) is 12.7. The van der Waals surface area contributed by atoms with Gasteiger partial charge in [0, 0.05) is 18.7 Å². The number of anilines is 1. The van der Waals surface area contributed by atoms with Gasteiger partial charge in [0.05, 0.1) is 6.54 Å². The van der Waals surface area contributed by atoms with Crippen LogP contribution in [0.4, 0.5) is 5.69 Å². The molecule has 0 bridgehead atoms. The number of hydrogen-bond acceptors (Lipinski definition) is 3. The number of Topliss-reactive ketones (excluding diaryl/α,β-unsaturated/α-hetero) is 1. The SMILES string of the molecule is CCCN(CCC)CCc1cccc2c1CC(=O)CN2. The van der Waals surface area contributed by atoms with E-state index in [2.05, 4.69) is 42.3 Å². The number of fused-ring (bicyclic) bond motifs is 1. The van der Waals surface area contributed by atoms with Crippen LogP contribution in [0, 0.1) is 0 Å². The number of rotatable bonds is 7. The molecule has 3 heteroatoms. The van der Waals surface area contributed by atoms with E-state index in [1.165, 1.54) is 37.1 Å². The van der Waals surface area contributed by atoms with E-state index in [1.807, 2.05) is 0 Å². The fraction of sp³-hybridized carbons (Fsp3) is 0.588. The molecule has 1 aliphatic heterocycles. The fourth-order valence-electron chi connectivity index (χ4n) is 2.94. The molecule has 0 saturated carbocycles. The lowest BCUT2D eigenvalue weighted by atomic mass is 9.95. The molecular formula is C17H26N2O. The Morgan fingerprint density at radius 3 is 2.60 bits per heavy atom. The quantitative estimate of drug-likeness (QED) is 0.830. The minimum Gasteiger partial charge on any atom is -0.378 e. The summed E-state index contributed by atoms with van der Waals surface area (Å²) in [6.45, 7) is 8.37. The van der Waals surface area contributed by atoms with E-state index in [0.717, 1.165) is 18.7 Å². The molecule has 0 spiro atoms. The molecule has 3 nitrogen and oxygen atoms in total. The molecule has 0 unspecified atom stereocenters. The first-order valence-electron chi connectivity index (χ1n) is 7.83. The lowest BCUT2D eigenvalue weighted by molar-refractivity contribution is -0.117. The highest BCUT2D eigenvalue weighted by Gasteiger charge is 2.17. The second-order valence-corrected chi connectivity index (χ2v) is 5.60. The van der Waals surface area contributed by atoms with Crippen molar-refractivity contribution in [3.8, 4) is 0 Å². The largest absolute Gasteiger partial charge is 0.378 e. The second kappa shape index (κ2) is 7.44. The van der Waals surface area contributed by atoms with Gasteiger partial charge in [-0.15, -0.1) is 0 Å². The van der Waals surface area contributed by atoms with E-state index in [1.54, 1.807) is 0 Å². The third kappa shape index (κ3) is 3.83. The van der Waals surface area contributed by atoms with E-state index < -0.39 is 0 Å². The first kappa shape index (κ1) is 15.0. The molecule has 0 aromatic heterocycles. The van der Waals surface area contributed by atoms with E-state index in [0.29, 0.717) is 18.7 Å². The standard InChI is InChI=1S/C17H26N2O/c1-3-9-19(10-4-2)11-8-14-6-5-7-17-16(14)12-15(20)13-18-17/h5-7,18H,3-4,8-13H2,1-2H3. The highest BCUT2D eigenvalue weighted by molar-refractivity contribution is 5.90. The lowest BCUT2D eigenvalue weighted by Gasteiger charge is -2.24. The molecule has 0 amide bonds. The average molecular weight is 274 g/mol. The molecular weight excluding hydrogens is 248 g/mol. The van der Waals surface area contributed by atoms with Gasteiger partial charge >= 0.3 is 0 Å². The van der Waals surface area contributed by atoms with Crippen molar-refractivity contribution in [3.63, 3.8) is 0 Å². The molecule has 1 heterocycles. The molecule has 1 N–H and O–H groups in total. The van der Waals surface area contributed by atoms with Crippen molar-refractivity contribution in [2.75, 3.05) is 31.5 Å². The van der Waals surface area contributed by atoms with Crippen LogP contribution in [0.15, 0.2) is 18.2 Å². The summed E-state index contributed by atoms with van der Waals surface area (Å²) in [7, 11) is 0. The number of benzene rings is 1. The molecule has 1 aromatic carbocycles. The Bertz CT molecular complexity index is 450. The summed E-state index contributed by atoms with van der Waals surface area (Å²) in [6, 6.07) is 6.36. The summed E-state index contributed by atoms with van der Waals surface area (Å²) in [5.74, 6) is 0.295. The molecule has 2 rings (SSSR count). The van der Waals surface area contributed by atoms with Gasteiger partial charge in [-0.05, 0) is 49.5 Å². The first-order valence-corrected chi connectivity index (χ1v) is 7.83. The Labute approximate surface area is 122 Å². The number of carbonyl (C=O) groups is 1. The second-order valence-electron chi connectivity index (χ2n) is 5.60. The zero-order chi connectivity index (χ0) is 14.4. The van der Waals surface area contributed by atoms with Gasteiger partial charge in [0.25, 0.3) is 0 Å². The normalized spacial score (nSPS) is 14.2. The van der Waals surface area contributed by atoms with E-state index in [-0.39, 0.29) is 0 Å². The maximum atomic E-state index is 11.6.